The predicted octanol–water partition coefficient (Wildman–Crippen LogP) is 5.75. The molecule has 0 amide bonds. The quantitative estimate of drug-likeness (QED) is 0.371. The normalized spacial score (nSPS) is 11.0. The van der Waals surface area contributed by atoms with Gasteiger partial charge in [-0.2, -0.15) is 12.6 Å². The Bertz CT molecular complexity index is 1100. The fraction of sp³-hybridized carbons (Fsp3) is 0.0870. The molecule has 0 bridgehead atoms. The zero-order chi connectivity index (χ0) is 17.9. The van der Waals surface area contributed by atoms with Crippen LogP contribution < -0.4 is 0 Å². The molecule has 0 aliphatic heterocycles. The number of thiol groups is 1. The third-order valence-corrected chi connectivity index (χ3v) is 4.67. The highest BCUT2D eigenvalue weighted by molar-refractivity contribution is 7.80. The van der Waals surface area contributed by atoms with E-state index in [0.29, 0.717) is 17.9 Å². The predicted molar refractivity (Wildman–Crippen MR) is 111 cm³/mol. The summed E-state index contributed by atoms with van der Waals surface area (Å²) in [7, 11) is 0. The second-order valence-corrected chi connectivity index (χ2v) is 6.65. The van der Waals surface area contributed by atoms with Crippen LogP contribution in [0.5, 0.6) is 0 Å². The van der Waals surface area contributed by atoms with Crippen molar-refractivity contribution in [3.05, 3.63) is 84.4 Å². The van der Waals surface area contributed by atoms with Gasteiger partial charge in [0.25, 0.3) is 0 Å². The summed E-state index contributed by atoms with van der Waals surface area (Å²) in [5, 5.41) is 4.59. The van der Waals surface area contributed by atoms with Crippen LogP contribution in [0, 0.1) is 0 Å². The van der Waals surface area contributed by atoms with Gasteiger partial charge in [0.15, 0.2) is 0 Å². The average Bonchev–Trinajstić information content (AvgIpc) is 2.70. The molecule has 0 spiro atoms. The molecule has 0 radical (unpaired) electrons. The highest BCUT2D eigenvalue weighted by atomic mass is 32.1. The summed E-state index contributed by atoms with van der Waals surface area (Å²) in [6.07, 6.45) is 0. The fourth-order valence-corrected chi connectivity index (χ4v) is 3.23. The molecule has 4 rings (SSSR count). The Balaban J connectivity index is 1.69. The summed E-state index contributed by atoms with van der Waals surface area (Å²) < 4.78 is 5.14. The van der Waals surface area contributed by atoms with Crippen LogP contribution in [-0.4, -0.2) is 18.3 Å². The largest absolute Gasteiger partial charge is 0.461 e. The van der Waals surface area contributed by atoms with E-state index in [0.717, 1.165) is 16.3 Å². The Kier molecular flexibility index (Phi) is 4.63. The standard InChI is InChI=1S/C23H18O2S/c24-23(25-11-12-26)22-10-9-20-14-19(7-8-21(20)15-22)18-6-5-16-3-1-2-4-17(16)13-18/h1-10,13-15,26H,11-12H2. The van der Waals surface area contributed by atoms with E-state index >= 15 is 0 Å². The van der Waals surface area contributed by atoms with Crippen molar-refractivity contribution in [2.45, 2.75) is 0 Å². The van der Waals surface area contributed by atoms with Gasteiger partial charge in [0.2, 0.25) is 0 Å². The van der Waals surface area contributed by atoms with Gasteiger partial charge in [0.05, 0.1) is 5.56 Å². The number of benzene rings is 4. The number of rotatable bonds is 4. The zero-order valence-corrected chi connectivity index (χ0v) is 15.1. The van der Waals surface area contributed by atoms with Crippen LogP contribution in [0.4, 0.5) is 0 Å². The lowest BCUT2D eigenvalue weighted by atomic mass is 9.98. The lowest BCUT2D eigenvalue weighted by Gasteiger charge is -2.08. The smallest absolute Gasteiger partial charge is 0.338 e. The van der Waals surface area contributed by atoms with Crippen molar-refractivity contribution >= 4 is 40.1 Å². The molecule has 0 aromatic heterocycles. The molecule has 0 unspecified atom stereocenters. The Morgan fingerprint density at radius 3 is 2.04 bits per heavy atom. The highest BCUT2D eigenvalue weighted by Gasteiger charge is 2.08. The Labute approximate surface area is 157 Å². The van der Waals surface area contributed by atoms with Gasteiger partial charge in [-0.1, -0.05) is 54.6 Å². The molecule has 0 aliphatic carbocycles. The first-order valence-electron chi connectivity index (χ1n) is 8.55. The van der Waals surface area contributed by atoms with Gasteiger partial charge in [-0.05, 0) is 56.9 Å². The molecule has 0 aliphatic rings. The summed E-state index contributed by atoms with van der Waals surface area (Å²) in [5.41, 5.74) is 2.91. The molecule has 128 valence electrons. The van der Waals surface area contributed by atoms with E-state index in [4.69, 9.17) is 4.74 Å². The maximum absolute atomic E-state index is 12.0. The van der Waals surface area contributed by atoms with E-state index in [1.165, 1.54) is 16.3 Å². The van der Waals surface area contributed by atoms with E-state index < -0.39 is 0 Å². The lowest BCUT2D eigenvalue weighted by Crippen LogP contribution is -2.06. The second-order valence-electron chi connectivity index (χ2n) is 6.20. The molecule has 0 heterocycles. The Morgan fingerprint density at radius 2 is 1.31 bits per heavy atom. The molecule has 3 heteroatoms. The summed E-state index contributed by atoms with van der Waals surface area (Å²) in [6.45, 7) is 0.320. The van der Waals surface area contributed by atoms with Crippen molar-refractivity contribution in [1.82, 2.24) is 0 Å². The van der Waals surface area contributed by atoms with Crippen molar-refractivity contribution in [3.8, 4) is 11.1 Å². The van der Waals surface area contributed by atoms with E-state index in [1.807, 2.05) is 18.2 Å². The number of hydrogen-bond acceptors (Lipinski definition) is 3. The summed E-state index contributed by atoms with van der Waals surface area (Å²) in [6, 6.07) is 26.8. The van der Waals surface area contributed by atoms with E-state index in [9.17, 15) is 4.79 Å². The molecule has 0 fully saturated rings. The van der Waals surface area contributed by atoms with Gasteiger partial charge < -0.3 is 4.74 Å². The summed E-state index contributed by atoms with van der Waals surface area (Å²) in [5.74, 6) is 0.216. The van der Waals surface area contributed by atoms with Crippen molar-refractivity contribution < 1.29 is 9.53 Å². The lowest BCUT2D eigenvalue weighted by molar-refractivity contribution is 0.0531. The summed E-state index contributed by atoms with van der Waals surface area (Å²) >= 11 is 4.06. The van der Waals surface area contributed by atoms with Crippen LogP contribution >= 0.6 is 12.6 Å². The van der Waals surface area contributed by atoms with Crippen LogP contribution in [0.15, 0.2) is 78.9 Å². The summed E-state index contributed by atoms with van der Waals surface area (Å²) in [4.78, 5) is 12.0. The number of hydrogen-bond donors (Lipinski definition) is 1. The van der Waals surface area contributed by atoms with E-state index in [1.54, 1.807) is 0 Å². The minimum Gasteiger partial charge on any atom is -0.461 e. The molecule has 0 atom stereocenters. The third-order valence-electron chi connectivity index (χ3n) is 4.48. The van der Waals surface area contributed by atoms with Gasteiger partial charge >= 0.3 is 5.97 Å². The topological polar surface area (TPSA) is 26.3 Å². The van der Waals surface area contributed by atoms with Crippen LogP contribution in [0.1, 0.15) is 10.4 Å². The van der Waals surface area contributed by atoms with Gasteiger partial charge in [-0.15, -0.1) is 0 Å². The van der Waals surface area contributed by atoms with Crippen LogP contribution in [-0.2, 0) is 4.74 Å². The number of carbonyl (C=O) groups is 1. The molecule has 26 heavy (non-hydrogen) atoms. The van der Waals surface area contributed by atoms with Crippen LogP contribution in [0.25, 0.3) is 32.7 Å². The first kappa shape index (κ1) is 16.7. The maximum atomic E-state index is 12.0. The molecular weight excluding hydrogens is 340 g/mol. The van der Waals surface area contributed by atoms with Crippen molar-refractivity contribution in [2.24, 2.45) is 0 Å². The van der Waals surface area contributed by atoms with Crippen molar-refractivity contribution in [2.75, 3.05) is 12.4 Å². The minimum atomic E-state index is -0.306. The average molecular weight is 358 g/mol. The molecule has 2 nitrogen and oxygen atoms in total. The van der Waals surface area contributed by atoms with Gasteiger partial charge in [-0.3, -0.25) is 0 Å². The van der Waals surface area contributed by atoms with Crippen molar-refractivity contribution in [3.63, 3.8) is 0 Å². The molecule has 0 saturated heterocycles. The van der Waals surface area contributed by atoms with Crippen molar-refractivity contribution in [1.29, 1.82) is 0 Å². The maximum Gasteiger partial charge on any atom is 0.338 e. The monoisotopic (exact) mass is 358 g/mol. The molecule has 4 aromatic rings. The van der Waals surface area contributed by atoms with Gasteiger partial charge in [-0.25, -0.2) is 4.79 Å². The molecule has 0 N–H and O–H groups in total. The number of esters is 1. The minimum absolute atomic E-state index is 0.306. The fourth-order valence-electron chi connectivity index (χ4n) is 3.14. The van der Waals surface area contributed by atoms with Crippen LogP contribution in [0.3, 0.4) is 0 Å². The highest BCUT2D eigenvalue weighted by Crippen LogP contribution is 2.28. The Morgan fingerprint density at radius 1 is 0.731 bits per heavy atom. The van der Waals surface area contributed by atoms with Crippen LogP contribution in [0.2, 0.25) is 0 Å². The molecular formula is C23H18O2S. The number of ether oxygens (including phenoxy) is 1. The molecule has 0 saturated carbocycles. The third kappa shape index (κ3) is 3.31. The number of fused-ring (bicyclic) bond motifs is 2. The Hall–Kier alpha value is -2.78. The first-order valence-corrected chi connectivity index (χ1v) is 9.19. The van der Waals surface area contributed by atoms with Gasteiger partial charge in [0, 0.05) is 5.75 Å². The molecule has 4 aromatic carbocycles. The second kappa shape index (κ2) is 7.22. The first-order chi connectivity index (χ1) is 12.7. The van der Waals surface area contributed by atoms with Gasteiger partial charge in [0.1, 0.15) is 6.61 Å². The SMILES string of the molecule is O=C(OCCS)c1ccc2cc(-c3ccc4ccccc4c3)ccc2c1. The van der Waals surface area contributed by atoms with E-state index in [-0.39, 0.29) is 5.97 Å². The zero-order valence-electron chi connectivity index (χ0n) is 14.2. The van der Waals surface area contributed by atoms with E-state index in [2.05, 4.69) is 73.3 Å². The number of carbonyl (C=O) groups excluding carboxylic acids is 1.